The lowest BCUT2D eigenvalue weighted by atomic mass is 10.3. The molecule has 1 aliphatic rings. The van der Waals surface area contributed by atoms with Crippen molar-refractivity contribution < 1.29 is 35.9 Å². The number of carbonyl (C=O) groups is 1. The average molecular weight is 438 g/mol. The lowest BCUT2D eigenvalue weighted by Gasteiger charge is -2.18. The van der Waals surface area contributed by atoms with Gasteiger partial charge in [-0.25, -0.2) is 22.9 Å². The highest BCUT2D eigenvalue weighted by Gasteiger charge is 2.38. The second-order valence-corrected chi connectivity index (χ2v) is 8.20. The third kappa shape index (κ3) is 7.51. The van der Waals surface area contributed by atoms with Crippen molar-refractivity contribution in [1.82, 2.24) is 19.2 Å². The van der Waals surface area contributed by atoms with Crippen molar-refractivity contribution >= 4 is 16.0 Å². The highest BCUT2D eigenvalue weighted by molar-refractivity contribution is 7.88. The molecule has 0 aliphatic carbocycles. The van der Waals surface area contributed by atoms with Crippen LogP contribution in [0.25, 0.3) is 0 Å². The Balaban J connectivity index is 0.000000370. The van der Waals surface area contributed by atoms with E-state index in [1.807, 2.05) is 6.07 Å². The smallest absolute Gasteiger partial charge is 0.475 e. The Morgan fingerprint density at radius 2 is 2.03 bits per heavy atom. The number of halogens is 3. The van der Waals surface area contributed by atoms with Crippen molar-refractivity contribution in [3.63, 3.8) is 0 Å². The topological polar surface area (TPSA) is 118 Å². The van der Waals surface area contributed by atoms with Gasteiger partial charge < -0.3 is 14.1 Å². The first-order valence-electron chi connectivity index (χ1n) is 8.47. The summed E-state index contributed by atoms with van der Waals surface area (Å²) < 4.78 is 64.0. The van der Waals surface area contributed by atoms with E-state index in [2.05, 4.69) is 19.2 Å². The number of rotatable bonds is 5. The van der Waals surface area contributed by atoms with Crippen LogP contribution in [0.1, 0.15) is 17.1 Å². The van der Waals surface area contributed by atoms with Gasteiger partial charge in [-0.15, -0.1) is 0 Å². The number of alkyl halides is 3. The highest BCUT2D eigenvalue weighted by atomic mass is 32.2. The fourth-order valence-corrected chi connectivity index (χ4v) is 3.09. The van der Waals surface area contributed by atoms with E-state index in [4.69, 9.17) is 14.3 Å². The van der Waals surface area contributed by atoms with Gasteiger partial charge in [-0.3, -0.25) is 4.90 Å². The average Bonchev–Trinajstić information content (AvgIpc) is 3.19. The van der Waals surface area contributed by atoms with Crippen molar-refractivity contribution in [3.8, 4) is 0 Å². The molecule has 9 nitrogen and oxygen atoms in total. The molecule has 0 atom stereocenters. The molecule has 0 radical (unpaired) electrons. The maximum atomic E-state index is 11.2. The number of nitrogens with zero attached hydrogens (tertiary/aromatic N) is 3. The molecular formula is C16H21F3N4O5S. The molecule has 29 heavy (non-hydrogen) atoms. The van der Waals surface area contributed by atoms with Crippen molar-refractivity contribution in [2.45, 2.75) is 32.2 Å². The van der Waals surface area contributed by atoms with Gasteiger partial charge in [-0.1, -0.05) is 0 Å². The largest absolute Gasteiger partial charge is 0.490 e. The molecule has 1 aliphatic heterocycles. The van der Waals surface area contributed by atoms with Gasteiger partial charge in [0.15, 0.2) is 0 Å². The summed E-state index contributed by atoms with van der Waals surface area (Å²) in [7, 11) is -3.19. The SMILES string of the molecule is CS(=O)(=O)NCc1cnc2n1CCN(Cc1ccoc1)CC2.O=C(O)C(F)(F)F. The molecule has 0 saturated heterocycles. The molecule has 3 rings (SSSR count). The van der Waals surface area contributed by atoms with Crippen molar-refractivity contribution in [2.24, 2.45) is 0 Å². The van der Waals surface area contributed by atoms with Crippen LogP contribution in [0, 0.1) is 0 Å². The Kier molecular flexibility index (Phi) is 7.43. The molecule has 13 heteroatoms. The van der Waals surface area contributed by atoms with Gasteiger partial charge >= 0.3 is 12.1 Å². The van der Waals surface area contributed by atoms with Crippen LogP contribution in [0.4, 0.5) is 13.2 Å². The maximum absolute atomic E-state index is 11.2. The van der Waals surface area contributed by atoms with Crippen LogP contribution in [0.5, 0.6) is 0 Å². The molecule has 0 fully saturated rings. The zero-order valence-electron chi connectivity index (χ0n) is 15.5. The molecule has 0 aromatic carbocycles. The molecule has 2 aromatic heterocycles. The summed E-state index contributed by atoms with van der Waals surface area (Å²) in [6, 6.07) is 1.98. The number of furan rings is 1. The molecule has 0 bridgehead atoms. The molecule has 3 heterocycles. The van der Waals surface area contributed by atoms with Gasteiger partial charge in [0, 0.05) is 44.4 Å². The third-order valence-electron chi connectivity index (χ3n) is 4.06. The van der Waals surface area contributed by atoms with E-state index in [-0.39, 0.29) is 6.54 Å². The third-order valence-corrected chi connectivity index (χ3v) is 4.73. The van der Waals surface area contributed by atoms with Crippen molar-refractivity contribution in [2.75, 3.05) is 19.3 Å². The number of carboxylic acid groups (broad SMARTS) is 1. The minimum atomic E-state index is -5.08. The number of sulfonamides is 1. The van der Waals surface area contributed by atoms with Crippen LogP contribution < -0.4 is 4.72 Å². The van der Waals surface area contributed by atoms with Gasteiger partial charge in [0.25, 0.3) is 0 Å². The molecular weight excluding hydrogens is 417 g/mol. The Morgan fingerprint density at radius 1 is 1.34 bits per heavy atom. The Bertz CT molecular complexity index is 910. The predicted octanol–water partition coefficient (Wildman–Crippen LogP) is 1.22. The second kappa shape index (κ2) is 9.41. The molecule has 0 saturated carbocycles. The maximum Gasteiger partial charge on any atom is 0.490 e. The standard InChI is InChI=1S/C14H20N4O3S.C2HF3O2/c1-22(19,20)16-9-13-8-15-14-2-4-17(5-6-18(13)14)10-12-3-7-21-11-12;3-2(4,5)1(6)7/h3,7-8,11,16H,2,4-6,9-10H2,1H3;(H,6,7). The Morgan fingerprint density at radius 3 is 2.59 bits per heavy atom. The highest BCUT2D eigenvalue weighted by Crippen LogP contribution is 2.14. The van der Waals surface area contributed by atoms with E-state index in [0.29, 0.717) is 0 Å². The van der Waals surface area contributed by atoms with Crippen LogP contribution in [-0.4, -0.2) is 59.5 Å². The summed E-state index contributed by atoms with van der Waals surface area (Å²) in [4.78, 5) is 15.7. The fraction of sp³-hybridized carbons (Fsp3) is 0.500. The number of hydrogen-bond donors (Lipinski definition) is 2. The summed E-state index contributed by atoms with van der Waals surface area (Å²) in [5, 5.41) is 7.12. The first kappa shape index (κ1) is 22.9. The number of hydrogen-bond acceptors (Lipinski definition) is 6. The molecule has 0 unspecified atom stereocenters. The van der Waals surface area contributed by atoms with E-state index in [0.717, 1.165) is 44.1 Å². The summed E-state index contributed by atoms with van der Waals surface area (Å²) in [6.45, 7) is 3.79. The molecule has 2 aromatic rings. The van der Waals surface area contributed by atoms with Crippen molar-refractivity contribution in [1.29, 1.82) is 0 Å². The summed E-state index contributed by atoms with van der Waals surface area (Å²) in [6.07, 6.45) is 2.16. The van der Waals surface area contributed by atoms with E-state index in [1.165, 1.54) is 11.8 Å². The fourth-order valence-electron chi connectivity index (χ4n) is 2.68. The van der Waals surface area contributed by atoms with Gasteiger partial charge in [0.2, 0.25) is 10.0 Å². The molecule has 2 N–H and O–H groups in total. The van der Waals surface area contributed by atoms with E-state index < -0.39 is 22.2 Å². The van der Waals surface area contributed by atoms with Crippen LogP contribution >= 0.6 is 0 Å². The van der Waals surface area contributed by atoms with E-state index in [1.54, 1.807) is 18.7 Å². The van der Waals surface area contributed by atoms with Gasteiger partial charge in [0.05, 0.1) is 31.0 Å². The Hall–Kier alpha value is -2.38. The minimum Gasteiger partial charge on any atom is -0.475 e. The number of aliphatic carboxylic acids is 1. The van der Waals surface area contributed by atoms with Crippen LogP contribution in [0.2, 0.25) is 0 Å². The van der Waals surface area contributed by atoms with E-state index in [9.17, 15) is 21.6 Å². The monoisotopic (exact) mass is 438 g/mol. The quantitative estimate of drug-likeness (QED) is 0.721. The summed E-state index contributed by atoms with van der Waals surface area (Å²) >= 11 is 0. The lowest BCUT2D eigenvalue weighted by molar-refractivity contribution is -0.192. The first-order valence-corrected chi connectivity index (χ1v) is 10.4. The van der Waals surface area contributed by atoms with Crippen LogP contribution in [-0.2, 0) is 40.9 Å². The predicted molar refractivity (Wildman–Crippen MR) is 95.3 cm³/mol. The number of aromatic nitrogens is 2. The number of carboxylic acids is 1. The molecule has 0 amide bonds. The van der Waals surface area contributed by atoms with Crippen LogP contribution in [0.3, 0.4) is 0 Å². The number of imidazole rings is 1. The lowest BCUT2D eigenvalue weighted by Crippen LogP contribution is -2.27. The Labute approximate surface area is 165 Å². The van der Waals surface area contributed by atoms with Crippen LogP contribution in [0.15, 0.2) is 29.2 Å². The number of fused-ring (bicyclic) bond motifs is 1. The van der Waals surface area contributed by atoms with Gasteiger partial charge in [-0.05, 0) is 6.07 Å². The summed E-state index contributed by atoms with van der Waals surface area (Å²) in [5.74, 6) is -1.74. The van der Waals surface area contributed by atoms with Gasteiger partial charge in [-0.2, -0.15) is 13.2 Å². The second-order valence-electron chi connectivity index (χ2n) is 6.37. The van der Waals surface area contributed by atoms with E-state index >= 15 is 0 Å². The molecule has 0 spiro atoms. The number of nitrogens with one attached hydrogen (secondary N) is 1. The first-order chi connectivity index (χ1) is 13.5. The molecule has 162 valence electrons. The zero-order chi connectivity index (χ0) is 21.7. The summed E-state index contributed by atoms with van der Waals surface area (Å²) in [5.41, 5.74) is 2.07. The normalized spacial score (nSPS) is 15.2. The zero-order valence-corrected chi connectivity index (χ0v) is 16.3. The van der Waals surface area contributed by atoms with Gasteiger partial charge in [0.1, 0.15) is 5.82 Å². The minimum absolute atomic E-state index is 0.285. The van der Waals surface area contributed by atoms with Crippen molar-refractivity contribution in [3.05, 3.63) is 41.9 Å².